The van der Waals surface area contributed by atoms with Crippen molar-refractivity contribution in [3.8, 4) is 0 Å². The maximum atomic E-state index is 4.98. The number of aliphatic imine (C=N–C) groups is 1. The topological polar surface area (TPSA) is 15.6 Å². The zero-order valence-electron chi connectivity index (χ0n) is 14.9. The van der Waals surface area contributed by atoms with Crippen molar-refractivity contribution in [2.45, 2.75) is 17.8 Å². The van der Waals surface area contributed by atoms with Gasteiger partial charge >= 0.3 is 162 Å². The molecule has 3 heteroatoms. The van der Waals surface area contributed by atoms with Gasteiger partial charge in [-0.05, 0) is 0 Å². The second-order valence-electron chi connectivity index (χ2n) is 6.78. The SMILES string of the molecule is CC1(C[Se]c2ccccc2)CN=C(c2ccccc2)N1c1ccccc1. The summed E-state index contributed by atoms with van der Waals surface area (Å²) in [5, 5.41) is 1.12. The summed E-state index contributed by atoms with van der Waals surface area (Å²) in [4.78, 5) is 7.43. The van der Waals surface area contributed by atoms with Crippen molar-refractivity contribution in [2.24, 2.45) is 4.99 Å². The fraction of sp³-hybridized carbons (Fsp3) is 0.174. The van der Waals surface area contributed by atoms with Crippen LogP contribution in [-0.2, 0) is 0 Å². The number of rotatable bonds is 5. The predicted octanol–water partition coefficient (Wildman–Crippen LogP) is 4.16. The van der Waals surface area contributed by atoms with Crippen LogP contribution >= 0.6 is 0 Å². The molecule has 2 nitrogen and oxygen atoms in total. The molecule has 130 valence electrons. The number of nitrogens with zero attached hydrogens (tertiary/aromatic N) is 2. The van der Waals surface area contributed by atoms with Gasteiger partial charge in [0.25, 0.3) is 0 Å². The van der Waals surface area contributed by atoms with Crippen LogP contribution in [0.15, 0.2) is 96.0 Å². The van der Waals surface area contributed by atoms with E-state index < -0.39 is 0 Å². The minimum atomic E-state index is 0.00235. The molecule has 0 saturated heterocycles. The number of anilines is 1. The molecule has 1 atom stereocenters. The van der Waals surface area contributed by atoms with Crippen LogP contribution in [0.5, 0.6) is 0 Å². The van der Waals surface area contributed by atoms with Crippen LogP contribution in [0.25, 0.3) is 0 Å². The van der Waals surface area contributed by atoms with E-state index >= 15 is 0 Å². The Hall–Kier alpha value is -2.35. The molecule has 1 heterocycles. The molecular weight excluding hydrogens is 383 g/mol. The van der Waals surface area contributed by atoms with E-state index in [1.165, 1.54) is 15.7 Å². The van der Waals surface area contributed by atoms with Gasteiger partial charge in [0.1, 0.15) is 0 Å². The first kappa shape index (κ1) is 17.1. The van der Waals surface area contributed by atoms with Crippen LogP contribution in [0.4, 0.5) is 5.69 Å². The third-order valence-electron chi connectivity index (χ3n) is 4.66. The van der Waals surface area contributed by atoms with Crippen molar-refractivity contribution in [3.63, 3.8) is 0 Å². The standard InChI is InChI=1S/C23H22N2Se/c1-23(18-26-21-15-9-4-10-16-21)17-24-22(19-11-5-2-6-12-19)25(23)20-13-7-3-8-14-20/h2-16H,17-18H2,1H3. The molecule has 3 aromatic carbocycles. The van der Waals surface area contributed by atoms with E-state index in [2.05, 4.69) is 103 Å². The molecule has 3 aromatic rings. The molecule has 0 aromatic heterocycles. The van der Waals surface area contributed by atoms with Crippen LogP contribution in [0.2, 0.25) is 5.32 Å². The molecular formula is C23H22N2Se. The molecule has 0 saturated carbocycles. The quantitative estimate of drug-likeness (QED) is 0.582. The van der Waals surface area contributed by atoms with Crippen LogP contribution in [0, 0.1) is 0 Å². The molecule has 4 rings (SSSR count). The molecule has 0 aliphatic carbocycles. The molecule has 0 fully saturated rings. The van der Waals surface area contributed by atoms with Crippen molar-refractivity contribution in [1.82, 2.24) is 0 Å². The molecule has 0 spiro atoms. The van der Waals surface area contributed by atoms with E-state index in [0.29, 0.717) is 15.0 Å². The summed E-state index contributed by atoms with van der Waals surface area (Å²) in [6.45, 7) is 3.19. The van der Waals surface area contributed by atoms with Crippen LogP contribution < -0.4 is 9.36 Å². The van der Waals surface area contributed by atoms with Crippen molar-refractivity contribution < 1.29 is 0 Å². The van der Waals surface area contributed by atoms with E-state index in [1.807, 2.05) is 0 Å². The van der Waals surface area contributed by atoms with E-state index in [0.717, 1.165) is 17.7 Å². The first-order valence-corrected chi connectivity index (χ1v) is 11.0. The third kappa shape index (κ3) is 3.46. The molecule has 26 heavy (non-hydrogen) atoms. The summed E-state index contributed by atoms with van der Waals surface area (Å²) < 4.78 is 1.45. The number of hydrogen-bond donors (Lipinski definition) is 0. The predicted molar refractivity (Wildman–Crippen MR) is 112 cm³/mol. The Labute approximate surface area is 161 Å². The zero-order valence-corrected chi connectivity index (χ0v) is 16.6. The first-order chi connectivity index (χ1) is 12.8. The third-order valence-corrected chi connectivity index (χ3v) is 7.54. The molecule has 1 aliphatic rings. The van der Waals surface area contributed by atoms with Gasteiger partial charge in [-0.1, -0.05) is 0 Å². The molecule has 0 N–H and O–H groups in total. The Morgan fingerprint density at radius 2 is 1.42 bits per heavy atom. The molecule has 1 unspecified atom stereocenters. The number of hydrogen-bond acceptors (Lipinski definition) is 2. The van der Waals surface area contributed by atoms with Gasteiger partial charge in [-0.2, -0.15) is 0 Å². The summed E-state index contributed by atoms with van der Waals surface area (Å²) in [5.74, 6) is 1.09. The number of benzene rings is 3. The molecule has 0 radical (unpaired) electrons. The van der Waals surface area contributed by atoms with E-state index in [9.17, 15) is 0 Å². The van der Waals surface area contributed by atoms with E-state index in [-0.39, 0.29) is 5.54 Å². The fourth-order valence-corrected chi connectivity index (χ4v) is 5.52. The maximum absolute atomic E-state index is 4.98. The number of amidine groups is 1. The van der Waals surface area contributed by atoms with Crippen molar-refractivity contribution >= 4 is 30.9 Å². The molecule has 0 amide bonds. The molecule has 1 aliphatic heterocycles. The average molecular weight is 405 g/mol. The summed E-state index contributed by atoms with van der Waals surface area (Å²) >= 11 is 0.421. The Kier molecular flexibility index (Phi) is 4.92. The van der Waals surface area contributed by atoms with E-state index in [1.54, 1.807) is 0 Å². The van der Waals surface area contributed by atoms with Crippen LogP contribution in [-0.4, -0.2) is 32.9 Å². The summed E-state index contributed by atoms with van der Waals surface area (Å²) in [6.07, 6.45) is 0. The van der Waals surface area contributed by atoms with Crippen molar-refractivity contribution in [3.05, 3.63) is 96.6 Å². The summed E-state index contributed by atoms with van der Waals surface area (Å²) in [5.41, 5.74) is 2.41. The van der Waals surface area contributed by atoms with Gasteiger partial charge in [0.15, 0.2) is 0 Å². The Morgan fingerprint density at radius 3 is 2.08 bits per heavy atom. The van der Waals surface area contributed by atoms with E-state index in [4.69, 9.17) is 4.99 Å². The minimum absolute atomic E-state index is 0.00235. The summed E-state index contributed by atoms with van der Waals surface area (Å²) in [6, 6.07) is 32.1. The van der Waals surface area contributed by atoms with Crippen LogP contribution in [0.1, 0.15) is 12.5 Å². The van der Waals surface area contributed by atoms with Gasteiger partial charge in [-0.3, -0.25) is 0 Å². The Bertz CT molecular complexity index is 878. The Balaban J connectivity index is 1.66. The molecule has 0 bridgehead atoms. The average Bonchev–Trinajstić information content (AvgIpc) is 3.06. The second-order valence-corrected chi connectivity index (χ2v) is 8.98. The van der Waals surface area contributed by atoms with Crippen molar-refractivity contribution in [1.29, 1.82) is 0 Å². The zero-order chi connectivity index (χ0) is 17.8. The normalized spacial score (nSPS) is 19.4. The second kappa shape index (κ2) is 7.49. The summed E-state index contributed by atoms with van der Waals surface area (Å²) in [7, 11) is 0. The van der Waals surface area contributed by atoms with Crippen LogP contribution in [0.3, 0.4) is 0 Å². The monoisotopic (exact) mass is 406 g/mol. The van der Waals surface area contributed by atoms with Crippen molar-refractivity contribution in [2.75, 3.05) is 11.4 Å². The van der Waals surface area contributed by atoms with Gasteiger partial charge in [-0.15, -0.1) is 0 Å². The van der Waals surface area contributed by atoms with Gasteiger partial charge in [0.2, 0.25) is 0 Å². The Morgan fingerprint density at radius 1 is 0.846 bits per heavy atom. The fourth-order valence-electron chi connectivity index (χ4n) is 3.33. The van der Waals surface area contributed by atoms with Gasteiger partial charge in [0.05, 0.1) is 0 Å². The first-order valence-electron chi connectivity index (χ1n) is 8.89. The van der Waals surface area contributed by atoms with Gasteiger partial charge in [-0.25, -0.2) is 0 Å². The van der Waals surface area contributed by atoms with Gasteiger partial charge in [0, 0.05) is 0 Å². The van der Waals surface area contributed by atoms with Gasteiger partial charge < -0.3 is 0 Å². The number of para-hydroxylation sites is 1.